The predicted molar refractivity (Wildman–Crippen MR) is 137 cm³/mol. The number of benzodiazepines with no additional fused rings is 1. The lowest BCUT2D eigenvalue weighted by Crippen LogP contribution is -2.36. The van der Waals surface area contributed by atoms with E-state index in [-0.39, 0.29) is 24.1 Å². The molecule has 1 aliphatic heterocycles. The summed E-state index contributed by atoms with van der Waals surface area (Å²) in [5.74, 6) is 0.104. The minimum Gasteiger partial charge on any atom is -0.508 e. The quantitative estimate of drug-likeness (QED) is 0.372. The number of benzene rings is 4. The lowest BCUT2D eigenvalue weighted by atomic mass is 9.99. The van der Waals surface area contributed by atoms with Crippen LogP contribution < -0.4 is 4.90 Å². The van der Waals surface area contributed by atoms with Crippen LogP contribution in [0, 0.1) is 0 Å². The van der Waals surface area contributed by atoms with Crippen molar-refractivity contribution in [1.82, 2.24) is 0 Å². The summed E-state index contributed by atoms with van der Waals surface area (Å²) < 4.78 is 0. The number of hydrogen-bond donors (Lipinski definition) is 1. The number of aromatic hydroxyl groups is 1. The van der Waals surface area contributed by atoms with Crippen molar-refractivity contribution >= 4 is 52.1 Å². The first-order valence-electron chi connectivity index (χ1n) is 10.5. The van der Waals surface area contributed by atoms with E-state index in [1.807, 2.05) is 31.2 Å². The third kappa shape index (κ3) is 4.45. The van der Waals surface area contributed by atoms with Crippen LogP contribution in [0.3, 0.4) is 0 Å². The number of hydrogen-bond acceptors (Lipinski definition) is 3. The van der Waals surface area contributed by atoms with Gasteiger partial charge < -0.3 is 10.0 Å². The Balaban J connectivity index is 0.00000259. The zero-order valence-corrected chi connectivity index (χ0v) is 19.5. The first kappa shape index (κ1) is 22.8. The molecule has 1 atom stereocenters. The number of fused-ring (bicyclic) bond motifs is 2. The minimum atomic E-state index is -0.564. The second-order valence-corrected chi connectivity index (χ2v) is 8.40. The summed E-state index contributed by atoms with van der Waals surface area (Å²) >= 11 is 6.36. The highest BCUT2D eigenvalue weighted by atomic mass is 35.5. The van der Waals surface area contributed by atoms with Gasteiger partial charge in [0.1, 0.15) is 11.8 Å². The number of phenols is 1. The Labute approximate surface area is 203 Å². The zero-order valence-electron chi connectivity index (χ0n) is 17.9. The molecule has 1 unspecified atom stereocenters. The van der Waals surface area contributed by atoms with Gasteiger partial charge in [0.2, 0.25) is 0 Å². The van der Waals surface area contributed by atoms with Crippen LogP contribution in [0.2, 0.25) is 5.02 Å². The summed E-state index contributed by atoms with van der Waals surface area (Å²) in [6.45, 7) is 2.24. The van der Waals surface area contributed by atoms with E-state index in [2.05, 4.69) is 30.3 Å². The monoisotopic (exact) mass is 476 g/mol. The molecule has 1 N–H and O–H groups in total. The lowest BCUT2D eigenvalue weighted by molar-refractivity contribution is -0.119. The summed E-state index contributed by atoms with van der Waals surface area (Å²) in [5, 5.41) is 12.6. The van der Waals surface area contributed by atoms with Gasteiger partial charge in [-0.25, -0.2) is 0 Å². The zero-order chi connectivity index (χ0) is 22.2. The molecule has 33 heavy (non-hydrogen) atoms. The highest BCUT2D eigenvalue weighted by Crippen LogP contribution is 2.32. The molecule has 1 amide bonds. The van der Waals surface area contributed by atoms with Gasteiger partial charge in [-0.2, -0.15) is 0 Å². The maximum atomic E-state index is 13.4. The van der Waals surface area contributed by atoms with Crippen LogP contribution in [-0.2, 0) is 11.3 Å². The second-order valence-electron chi connectivity index (χ2n) is 7.97. The van der Waals surface area contributed by atoms with Crippen molar-refractivity contribution < 1.29 is 9.90 Å². The van der Waals surface area contributed by atoms with Crippen molar-refractivity contribution in [2.75, 3.05) is 4.90 Å². The standard InChI is InChI=1S/C27H21ClN2O2.ClH/c1-17-27(32)30(16-18-6-7-19-4-2-3-5-21(19)14-18)25-13-10-22(28)15-24(25)26(29-17)20-8-11-23(31)12-9-20;/h2-15,17,31H,16H2,1H3;1H. The molecule has 4 aromatic carbocycles. The number of rotatable bonds is 3. The van der Waals surface area contributed by atoms with Crippen LogP contribution in [-0.4, -0.2) is 22.8 Å². The summed E-state index contributed by atoms with van der Waals surface area (Å²) in [4.78, 5) is 20.0. The topological polar surface area (TPSA) is 52.9 Å². The molecule has 0 fully saturated rings. The van der Waals surface area contributed by atoms with Crippen LogP contribution >= 0.6 is 24.0 Å². The third-order valence-electron chi connectivity index (χ3n) is 5.75. The number of carbonyl (C=O) groups is 1. The SMILES string of the molecule is CC1N=C(c2ccc(O)cc2)c2cc(Cl)ccc2N(Cc2ccc3ccccc3c2)C1=O.Cl. The highest BCUT2D eigenvalue weighted by Gasteiger charge is 2.30. The number of nitrogens with zero attached hydrogens (tertiary/aromatic N) is 2. The molecule has 0 saturated carbocycles. The number of aliphatic imine (C=N–C) groups is 1. The molecule has 0 spiro atoms. The van der Waals surface area contributed by atoms with Gasteiger partial charge in [0, 0.05) is 16.1 Å². The van der Waals surface area contributed by atoms with E-state index >= 15 is 0 Å². The van der Waals surface area contributed by atoms with Crippen molar-refractivity contribution in [2.45, 2.75) is 19.5 Å². The fourth-order valence-electron chi connectivity index (χ4n) is 4.13. The Kier molecular flexibility index (Phi) is 6.41. The second kappa shape index (κ2) is 9.26. The number of anilines is 1. The fraction of sp³-hybridized carbons (Fsp3) is 0.111. The molecule has 4 aromatic rings. The maximum absolute atomic E-state index is 13.4. The molecule has 0 bridgehead atoms. The third-order valence-corrected chi connectivity index (χ3v) is 5.98. The average Bonchev–Trinajstić information content (AvgIpc) is 2.90. The molecular formula is C27H22Cl2N2O2. The maximum Gasteiger partial charge on any atom is 0.251 e. The van der Waals surface area contributed by atoms with Crippen molar-refractivity contribution in [3.05, 3.63) is 107 Å². The molecule has 5 rings (SSSR count). The molecular weight excluding hydrogens is 455 g/mol. The Bertz CT molecular complexity index is 1370. The summed E-state index contributed by atoms with van der Waals surface area (Å²) in [5.41, 5.74) is 4.10. The Morgan fingerprint density at radius 1 is 0.939 bits per heavy atom. The fourth-order valence-corrected chi connectivity index (χ4v) is 4.30. The summed E-state index contributed by atoms with van der Waals surface area (Å²) in [6, 6.07) is 26.2. The molecule has 0 saturated heterocycles. The van der Waals surface area contributed by atoms with E-state index in [0.29, 0.717) is 17.3 Å². The Morgan fingerprint density at radius 2 is 1.67 bits per heavy atom. The van der Waals surface area contributed by atoms with Gasteiger partial charge in [0.05, 0.1) is 17.9 Å². The lowest BCUT2D eigenvalue weighted by Gasteiger charge is -2.25. The number of phenolic OH excluding ortho intramolecular Hbond substituents is 1. The first-order valence-corrected chi connectivity index (χ1v) is 10.8. The normalized spacial score (nSPS) is 15.5. The van der Waals surface area contributed by atoms with Crippen molar-refractivity contribution in [2.24, 2.45) is 4.99 Å². The Hall–Kier alpha value is -3.34. The van der Waals surface area contributed by atoms with E-state index in [9.17, 15) is 9.90 Å². The van der Waals surface area contributed by atoms with Gasteiger partial charge in [-0.3, -0.25) is 9.79 Å². The number of halogens is 2. The largest absolute Gasteiger partial charge is 0.508 e. The molecule has 0 radical (unpaired) electrons. The van der Waals surface area contributed by atoms with Gasteiger partial charge in [0.25, 0.3) is 5.91 Å². The minimum absolute atomic E-state index is 0. The van der Waals surface area contributed by atoms with E-state index in [4.69, 9.17) is 16.6 Å². The van der Waals surface area contributed by atoms with Crippen LogP contribution in [0.25, 0.3) is 10.8 Å². The molecule has 4 nitrogen and oxygen atoms in total. The average molecular weight is 477 g/mol. The van der Waals surface area contributed by atoms with E-state index in [1.165, 1.54) is 0 Å². The summed E-state index contributed by atoms with van der Waals surface area (Å²) in [7, 11) is 0. The molecule has 0 aromatic heterocycles. The van der Waals surface area contributed by atoms with Crippen molar-refractivity contribution in [1.29, 1.82) is 0 Å². The van der Waals surface area contributed by atoms with Gasteiger partial charge in [0.15, 0.2) is 0 Å². The van der Waals surface area contributed by atoms with E-state index in [0.717, 1.165) is 33.2 Å². The molecule has 1 heterocycles. The van der Waals surface area contributed by atoms with Crippen molar-refractivity contribution in [3.63, 3.8) is 0 Å². The molecule has 166 valence electrons. The smallest absolute Gasteiger partial charge is 0.251 e. The van der Waals surface area contributed by atoms with E-state index < -0.39 is 6.04 Å². The Morgan fingerprint density at radius 3 is 2.42 bits per heavy atom. The molecule has 6 heteroatoms. The van der Waals surface area contributed by atoms with Crippen LogP contribution in [0.15, 0.2) is 89.9 Å². The van der Waals surface area contributed by atoms with Gasteiger partial charge in [-0.1, -0.05) is 48.0 Å². The van der Waals surface area contributed by atoms with Gasteiger partial charge in [-0.05, 0) is 71.8 Å². The van der Waals surface area contributed by atoms with E-state index in [1.54, 1.807) is 35.2 Å². The van der Waals surface area contributed by atoms with Gasteiger partial charge >= 0.3 is 0 Å². The number of carbonyl (C=O) groups excluding carboxylic acids is 1. The first-order chi connectivity index (χ1) is 15.5. The van der Waals surface area contributed by atoms with Crippen LogP contribution in [0.1, 0.15) is 23.6 Å². The molecule has 0 aliphatic carbocycles. The molecule has 1 aliphatic rings. The number of amides is 1. The van der Waals surface area contributed by atoms with Crippen LogP contribution in [0.4, 0.5) is 5.69 Å². The predicted octanol–water partition coefficient (Wildman–Crippen LogP) is 6.39. The summed E-state index contributed by atoms with van der Waals surface area (Å²) in [6.07, 6.45) is 0. The van der Waals surface area contributed by atoms with Crippen molar-refractivity contribution in [3.8, 4) is 5.75 Å². The highest BCUT2D eigenvalue weighted by molar-refractivity contribution is 6.32. The van der Waals surface area contributed by atoms with Crippen LogP contribution in [0.5, 0.6) is 5.75 Å². The van der Waals surface area contributed by atoms with Gasteiger partial charge in [-0.15, -0.1) is 12.4 Å².